The number of methoxy groups -OCH3 is 1. The van der Waals surface area contributed by atoms with Crippen molar-refractivity contribution < 1.29 is 19.0 Å². The fourth-order valence-electron chi connectivity index (χ4n) is 2.70. The summed E-state index contributed by atoms with van der Waals surface area (Å²) in [6, 6.07) is 20.4. The number of amides is 1. The van der Waals surface area contributed by atoms with E-state index in [2.05, 4.69) is 27.9 Å². The van der Waals surface area contributed by atoms with Crippen LogP contribution in [0.5, 0.6) is 17.2 Å². The first-order valence-electron chi connectivity index (χ1n) is 9.18. The first-order valence-corrected chi connectivity index (χ1v) is 10.3. The van der Waals surface area contributed by atoms with Crippen LogP contribution in [0.2, 0.25) is 0 Å². The summed E-state index contributed by atoms with van der Waals surface area (Å²) < 4.78 is 17.8. The van der Waals surface area contributed by atoms with Gasteiger partial charge in [0, 0.05) is 20.4 Å². The van der Waals surface area contributed by atoms with E-state index in [1.165, 1.54) is 0 Å². The largest absolute Gasteiger partial charge is 0.497 e. The maximum Gasteiger partial charge on any atom is 0.255 e. The molecule has 1 amide bonds. The number of carbonyl (C=O) groups excluding carboxylic acids is 1. The Morgan fingerprint density at radius 3 is 2.28 bits per heavy atom. The van der Waals surface area contributed by atoms with Gasteiger partial charge in [-0.15, -0.1) is 0 Å². The molecule has 3 aromatic rings. The van der Waals surface area contributed by atoms with Gasteiger partial charge in [0.2, 0.25) is 0 Å². The third-order valence-electron chi connectivity index (χ3n) is 4.18. The molecule has 1 N–H and O–H groups in total. The topological polar surface area (TPSA) is 56.8 Å². The highest BCUT2D eigenvalue weighted by Crippen LogP contribution is 2.24. The van der Waals surface area contributed by atoms with Crippen LogP contribution in [-0.4, -0.2) is 19.6 Å². The van der Waals surface area contributed by atoms with Gasteiger partial charge in [0.25, 0.3) is 5.91 Å². The van der Waals surface area contributed by atoms with Crippen LogP contribution in [0.1, 0.15) is 22.8 Å². The van der Waals surface area contributed by atoms with E-state index in [4.69, 9.17) is 14.2 Å². The molecule has 0 atom stereocenters. The number of carbonyl (C=O) groups is 1. The van der Waals surface area contributed by atoms with Crippen molar-refractivity contribution in [1.29, 1.82) is 0 Å². The van der Waals surface area contributed by atoms with Gasteiger partial charge < -0.3 is 19.5 Å². The second-order valence-corrected chi connectivity index (χ2v) is 7.43. The van der Waals surface area contributed by atoms with Gasteiger partial charge in [-0.2, -0.15) is 0 Å². The Morgan fingerprint density at radius 2 is 1.62 bits per heavy atom. The van der Waals surface area contributed by atoms with Crippen LogP contribution in [0.15, 0.2) is 66.7 Å². The van der Waals surface area contributed by atoms with Gasteiger partial charge in [0.05, 0.1) is 13.7 Å². The zero-order valence-electron chi connectivity index (χ0n) is 16.3. The smallest absolute Gasteiger partial charge is 0.255 e. The summed E-state index contributed by atoms with van der Waals surface area (Å²) >= 11 is 2.23. The number of anilines is 1. The van der Waals surface area contributed by atoms with Crippen molar-refractivity contribution in [2.75, 3.05) is 19.0 Å². The molecule has 0 radical (unpaired) electrons. The Morgan fingerprint density at radius 1 is 0.931 bits per heavy atom. The standard InChI is InChI=1S/C23H22INO4/c1-3-28-22-13-4-16(23(26)25-19-7-5-18(24)6-8-19)14-17(22)15-29-21-11-9-20(27-2)10-12-21/h4-14H,3,15H2,1-2H3,(H,25,26). The zero-order chi connectivity index (χ0) is 20.6. The van der Waals surface area contributed by atoms with E-state index in [1.54, 1.807) is 25.3 Å². The SMILES string of the molecule is CCOc1ccc(C(=O)Nc2ccc(I)cc2)cc1COc1ccc(OC)cc1. The van der Waals surface area contributed by atoms with E-state index in [-0.39, 0.29) is 12.5 Å². The van der Waals surface area contributed by atoms with E-state index in [0.29, 0.717) is 23.7 Å². The van der Waals surface area contributed by atoms with Crippen LogP contribution in [0.25, 0.3) is 0 Å². The molecule has 0 spiro atoms. The van der Waals surface area contributed by atoms with Gasteiger partial charge in [0.15, 0.2) is 0 Å². The Bertz CT molecular complexity index is 956. The average molecular weight is 503 g/mol. The van der Waals surface area contributed by atoms with E-state index < -0.39 is 0 Å². The minimum Gasteiger partial charge on any atom is -0.497 e. The number of halogens is 1. The maximum atomic E-state index is 12.7. The summed E-state index contributed by atoms with van der Waals surface area (Å²) in [6.07, 6.45) is 0. The lowest BCUT2D eigenvalue weighted by Gasteiger charge is -2.14. The number of hydrogen-bond acceptors (Lipinski definition) is 4. The Hall–Kier alpha value is -2.74. The summed E-state index contributed by atoms with van der Waals surface area (Å²) in [5.41, 5.74) is 2.10. The molecule has 0 saturated heterocycles. The van der Waals surface area contributed by atoms with Crippen molar-refractivity contribution >= 4 is 34.2 Å². The van der Waals surface area contributed by atoms with Crippen molar-refractivity contribution in [3.05, 3.63) is 81.4 Å². The van der Waals surface area contributed by atoms with Gasteiger partial charge in [0.1, 0.15) is 23.9 Å². The average Bonchev–Trinajstić information content (AvgIpc) is 2.75. The number of hydrogen-bond donors (Lipinski definition) is 1. The predicted molar refractivity (Wildman–Crippen MR) is 122 cm³/mol. The lowest BCUT2D eigenvalue weighted by molar-refractivity contribution is 0.102. The highest BCUT2D eigenvalue weighted by molar-refractivity contribution is 14.1. The molecular weight excluding hydrogens is 481 g/mol. The molecule has 29 heavy (non-hydrogen) atoms. The summed E-state index contributed by atoms with van der Waals surface area (Å²) in [6.45, 7) is 2.74. The summed E-state index contributed by atoms with van der Waals surface area (Å²) in [5, 5.41) is 2.91. The molecule has 0 saturated carbocycles. The fourth-order valence-corrected chi connectivity index (χ4v) is 3.06. The van der Waals surface area contributed by atoms with E-state index in [1.807, 2.05) is 55.5 Å². The summed E-state index contributed by atoms with van der Waals surface area (Å²) in [7, 11) is 1.62. The molecule has 6 heteroatoms. The fraction of sp³-hybridized carbons (Fsp3) is 0.174. The maximum absolute atomic E-state index is 12.7. The van der Waals surface area contributed by atoms with E-state index in [0.717, 1.165) is 20.6 Å². The van der Waals surface area contributed by atoms with E-state index in [9.17, 15) is 4.79 Å². The molecular formula is C23H22INO4. The van der Waals surface area contributed by atoms with Crippen molar-refractivity contribution in [2.45, 2.75) is 13.5 Å². The lowest BCUT2D eigenvalue weighted by Crippen LogP contribution is -2.13. The first kappa shape index (κ1) is 21.0. The van der Waals surface area contributed by atoms with Crippen LogP contribution in [0.3, 0.4) is 0 Å². The monoisotopic (exact) mass is 503 g/mol. The van der Waals surface area contributed by atoms with Crippen molar-refractivity contribution in [2.24, 2.45) is 0 Å². The molecule has 3 rings (SSSR count). The van der Waals surface area contributed by atoms with Gasteiger partial charge >= 0.3 is 0 Å². The second kappa shape index (κ2) is 10.2. The molecule has 0 aliphatic heterocycles. The Labute approximate surface area is 184 Å². The van der Waals surface area contributed by atoms with Gasteiger partial charge in [-0.3, -0.25) is 4.79 Å². The normalized spacial score (nSPS) is 10.3. The third-order valence-corrected chi connectivity index (χ3v) is 4.90. The van der Waals surface area contributed by atoms with Gasteiger partial charge in [-0.1, -0.05) is 0 Å². The molecule has 0 bridgehead atoms. The van der Waals surface area contributed by atoms with E-state index >= 15 is 0 Å². The van der Waals surface area contributed by atoms with Crippen LogP contribution in [-0.2, 0) is 6.61 Å². The van der Waals surface area contributed by atoms with Gasteiger partial charge in [-0.05, 0) is 96.2 Å². The molecule has 3 aromatic carbocycles. The highest BCUT2D eigenvalue weighted by atomic mass is 127. The minimum absolute atomic E-state index is 0.181. The predicted octanol–water partition coefficient (Wildman–Crippen LogP) is 5.53. The molecule has 0 heterocycles. The van der Waals surface area contributed by atoms with Crippen molar-refractivity contribution in [3.8, 4) is 17.2 Å². The number of ether oxygens (including phenoxy) is 3. The van der Waals surface area contributed by atoms with Crippen LogP contribution >= 0.6 is 22.6 Å². The van der Waals surface area contributed by atoms with Crippen molar-refractivity contribution in [3.63, 3.8) is 0 Å². The zero-order valence-corrected chi connectivity index (χ0v) is 18.4. The molecule has 0 aliphatic carbocycles. The summed E-state index contributed by atoms with van der Waals surface area (Å²) in [5.74, 6) is 2.00. The van der Waals surface area contributed by atoms with Crippen molar-refractivity contribution in [1.82, 2.24) is 0 Å². The minimum atomic E-state index is -0.181. The first-order chi connectivity index (χ1) is 14.1. The molecule has 0 aliphatic rings. The van der Waals surface area contributed by atoms with Crippen LogP contribution < -0.4 is 19.5 Å². The number of nitrogens with one attached hydrogen (secondary N) is 1. The quantitative estimate of drug-likeness (QED) is 0.411. The number of rotatable bonds is 8. The molecule has 5 nitrogen and oxygen atoms in total. The Kier molecular flexibility index (Phi) is 7.35. The third kappa shape index (κ3) is 5.87. The van der Waals surface area contributed by atoms with Crippen LogP contribution in [0.4, 0.5) is 5.69 Å². The number of benzene rings is 3. The molecule has 0 aromatic heterocycles. The molecule has 0 unspecified atom stereocenters. The summed E-state index contributed by atoms with van der Waals surface area (Å²) in [4.78, 5) is 12.7. The highest BCUT2D eigenvalue weighted by Gasteiger charge is 2.12. The lowest BCUT2D eigenvalue weighted by atomic mass is 10.1. The van der Waals surface area contributed by atoms with Crippen LogP contribution in [0, 0.1) is 3.57 Å². The molecule has 0 fully saturated rings. The Balaban J connectivity index is 1.75. The van der Waals surface area contributed by atoms with Gasteiger partial charge in [-0.25, -0.2) is 0 Å². The second-order valence-electron chi connectivity index (χ2n) is 6.18. The molecule has 150 valence electrons.